The van der Waals surface area contributed by atoms with E-state index >= 15 is 0 Å². The van der Waals surface area contributed by atoms with Crippen molar-refractivity contribution in [2.75, 3.05) is 13.7 Å². The Morgan fingerprint density at radius 2 is 1.77 bits per heavy atom. The van der Waals surface area contributed by atoms with Crippen LogP contribution in [0.15, 0.2) is 71.7 Å². The number of aromatic hydroxyl groups is 1. The zero-order chi connectivity index (χ0) is 21.8. The Labute approximate surface area is 181 Å². The molecule has 1 aliphatic heterocycles. The number of phenolic OH excluding ortho intramolecular Hbond substituents is 1. The van der Waals surface area contributed by atoms with Crippen molar-refractivity contribution in [3.8, 4) is 17.2 Å². The lowest BCUT2D eigenvalue weighted by Crippen LogP contribution is -2.33. The van der Waals surface area contributed by atoms with Gasteiger partial charge in [0.15, 0.2) is 11.5 Å². The van der Waals surface area contributed by atoms with Gasteiger partial charge in [0.05, 0.1) is 13.7 Å². The number of rotatable bonds is 6. The van der Waals surface area contributed by atoms with Gasteiger partial charge >= 0.3 is 0 Å². The monoisotopic (exact) mass is 420 g/mol. The van der Waals surface area contributed by atoms with Crippen LogP contribution in [0.3, 0.4) is 0 Å². The molecule has 3 aromatic rings. The van der Waals surface area contributed by atoms with E-state index in [1.807, 2.05) is 43.3 Å². The SMILES string of the molecule is CCOc1cccc([C@H]2CC(c3ccc(OC)cc3)=N[C@H](c3ccccc3F)N2)c1O. The fourth-order valence-corrected chi connectivity index (χ4v) is 3.81. The molecule has 0 saturated heterocycles. The second-order valence-corrected chi connectivity index (χ2v) is 7.28. The number of hydrogen-bond donors (Lipinski definition) is 2. The first-order chi connectivity index (χ1) is 15.1. The number of benzene rings is 3. The van der Waals surface area contributed by atoms with Crippen molar-refractivity contribution in [2.45, 2.75) is 25.6 Å². The third-order valence-electron chi connectivity index (χ3n) is 5.37. The third kappa shape index (κ3) is 4.39. The Morgan fingerprint density at radius 1 is 1.03 bits per heavy atom. The number of hydrogen-bond acceptors (Lipinski definition) is 5. The van der Waals surface area contributed by atoms with Gasteiger partial charge in [0.2, 0.25) is 0 Å². The summed E-state index contributed by atoms with van der Waals surface area (Å²) in [6, 6.07) is 19.4. The van der Waals surface area contributed by atoms with Gasteiger partial charge in [-0.25, -0.2) is 4.39 Å². The van der Waals surface area contributed by atoms with Crippen molar-refractivity contribution >= 4 is 5.71 Å². The van der Waals surface area contributed by atoms with Gasteiger partial charge in [-0.2, -0.15) is 0 Å². The molecule has 0 fully saturated rings. The molecule has 1 aliphatic rings. The Bertz CT molecular complexity index is 1080. The standard InChI is InChI=1S/C25H25FN2O3/c1-3-31-23-10-6-8-19(24(23)29)22-15-21(16-11-13-17(30-2)14-12-16)27-25(28-22)18-7-4-5-9-20(18)26/h4-14,22,25,28-29H,3,15H2,1-2H3/t22-,25+/m1/s1. The first-order valence-electron chi connectivity index (χ1n) is 10.3. The third-order valence-corrected chi connectivity index (χ3v) is 5.37. The number of aliphatic imine (C=N–C) groups is 1. The van der Waals surface area contributed by atoms with Gasteiger partial charge in [-0.3, -0.25) is 10.3 Å². The highest BCUT2D eigenvalue weighted by Gasteiger charge is 2.29. The van der Waals surface area contributed by atoms with E-state index in [1.54, 1.807) is 31.4 Å². The van der Waals surface area contributed by atoms with Crippen LogP contribution in [0.25, 0.3) is 0 Å². The maximum atomic E-state index is 14.6. The molecule has 0 radical (unpaired) electrons. The van der Waals surface area contributed by atoms with Crippen LogP contribution in [0, 0.1) is 5.82 Å². The molecule has 0 unspecified atom stereocenters. The predicted molar refractivity (Wildman–Crippen MR) is 118 cm³/mol. The lowest BCUT2D eigenvalue weighted by molar-refractivity contribution is 0.313. The molecular weight excluding hydrogens is 395 g/mol. The maximum Gasteiger partial charge on any atom is 0.162 e. The molecule has 31 heavy (non-hydrogen) atoms. The Morgan fingerprint density at radius 3 is 2.48 bits per heavy atom. The summed E-state index contributed by atoms with van der Waals surface area (Å²) in [4.78, 5) is 4.81. The molecule has 0 aromatic heterocycles. The van der Waals surface area contributed by atoms with E-state index in [0.29, 0.717) is 29.9 Å². The van der Waals surface area contributed by atoms with Crippen molar-refractivity contribution < 1.29 is 19.0 Å². The maximum absolute atomic E-state index is 14.6. The topological polar surface area (TPSA) is 63.1 Å². The summed E-state index contributed by atoms with van der Waals surface area (Å²) < 4.78 is 25.4. The van der Waals surface area contributed by atoms with E-state index in [4.69, 9.17) is 14.5 Å². The normalized spacial score (nSPS) is 18.4. The van der Waals surface area contributed by atoms with Crippen LogP contribution in [-0.2, 0) is 0 Å². The van der Waals surface area contributed by atoms with Gasteiger partial charge in [-0.05, 0) is 48.9 Å². The first-order valence-corrected chi connectivity index (χ1v) is 10.3. The van der Waals surface area contributed by atoms with Crippen LogP contribution in [0.2, 0.25) is 0 Å². The minimum Gasteiger partial charge on any atom is -0.504 e. The fourth-order valence-electron chi connectivity index (χ4n) is 3.81. The molecule has 1 heterocycles. The highest BCUT2D eigenvalue weighted by Crippen LogP contribution is 2.39. The van der Waals surface area contributed by atoms with Crippen molar-refractivity contribution in [1.82, 2.24) is 5.32 Å². The van der Waals surface area contributed by atoms with E-state index in [1.165, 1.54) is 6.07 Å². The number of nitrogens with one attached hydrogen (secondary N) is 1. The van der Waals surface area contributed by atoms with E-state index in [9.17, 15) is 9.50 Å². The molecule has 2 N–H and O–H groups in total. The van der Waals surface area contributed by atoms with Gasteiger partial charge in [-0.1, -0.05) is 30.3 Å². The Balaban J connectivity index is 1.76. The summed E-state index contributed by atoms with van der Waals surface area (Å²) >= 11 is 0. The highest BCUT2D eigenvalue weighted by atomic mass is 19.1. The average molecular weight is 420 g/mol. The number of para-hydroxylation sites is 1. The van der Waals surface area contributed by atoms with E-state index in [2.05, 4.69) is 5.32 Å². The molecule has 0 amide bonds. The zero-order valence-corrected chi connectivity index (χ0v) is 17.5. The van der Waals surface area contributed by atoms with Crippen LogP contribution >= 0.6 is 0 Å². The van der Waals surface area contributed by atoms with E-state index < -0.39 is 6.17 Å². The summed E-state index contributed by atoms with van der Waals surface area (Å²) in [6.45, 7) is 2.32. The van der Waals surface area contributed by atoms with Crippen molar-refractivity contribution in [3.05, 3.63) is 89.2 Å². The van der Waals surface area contributed by atoms with Crippen molar-refractivity contribution in [2.24, 2.45) is 4.99 Å². The number of ether oxygens (including phenoxy) is 2. The Kier molecular flexibility index (Phi) is 6.18. The summed E-state index contributed by atoms with van der Waals surface area (Å²) in [7, 11) is 1.62. The van der Waals surface area contributed by atoms with E-state index in [-0.39, 0.29) is 17.6 Å². The molecule has 3 aromatic carbocycles. The summed E-state index contributed by atoms with van der Waals surface area (Å²) in [5.74, 6) is 0.941. The zero-order valence-electron chi connectivity index (χ0n) is 17.5. The highest BCUT2D eigenvalue weighted by molar-refractivity contribution is 6.01. The van der Waals surface area contributed by atoms with Crippen LogP contribution in [-0.4, -0.2) is 24.5 Å². The smallest absolute Gasteiger partial charge is 0.162 e. The minimum atomic E-state index is -0.591. The van der Waals surface area contributed by atoms with Crippen LogP contribution < -0.4 is 14.8 Å². The van der Waals surface area contributed by atoms with Gasteiger partial charge in [0, 0.05) is 29.3 Å². The molecule has 2 atom stereocenters. The molecular formula is C25H25FN2O3. The largest absolute Gasteiger partial charge is 0.504 e. The Hall–Kier alpha value is -3.38. The van der Waals surface area contributed by atoms with Gasteiger partial charge in [0.1, 0.15) is 17.7 Å². The van der Waals surface area contributed by atoms with Crippen LogP contribution in [0.4, 0.5) is 4.39 Å². The lowest BCUT2D eigenvalue weighted by atomic mass is 9.93. The van der Waals surface area contributed by atoms with Gasteiger partial charge in [-0.15, -0.1) is 0 Å². The molecule has 160 valence electrons. The molecule has 6 heteroatoms. The first kappa shape index (κ1) is 20.9. The van der Waals surface area contributed by atoms with Crippen LogP contribution in [0.1, 0.15) is 42.2 Å². The second-order valence-electron chi connectivity index (χ2n) is 7.28. The van der Waals surface area contributed by atoms with E-state index in [0.717, 1.165) is 17.0 Å². The van der Waals surface area contributed by atoms with Crippen LogP contribution in [0.5, 0.6) is 17.2 Å². The van der Waals surface area contributed by atoms with Crippen molar-refractivity contribution in [1.29, 1.82) is 0 Å². The predicted octanol–water partition coefficient (Wildman–Crippen LogP) is 5.16. The fraction of sp³-hybridized carbons (Fsp3) is 0.240. The average Bonchev–Trinajstić information content (AvgIpc) is 2.80. The second kappa shape index (κ2) is 9.18. The lowest BCUT2D eigenvalue weighted by Gasteiger charge is -2.31. The van der Waals surface area contributed by atoms with Gasteiger partial charge < -0.3 is 14.6 Å². The summed E-state index contributed by atoms with van der Waals surface area (Å²) in [6.07, 6.45) is -0.0624. The van der Waals surface area contributed by atoms with Crippen molar-refractivity contribution in [3.63, 3.8) is 0 Å². The number of nitrogens with zero attached hydrogens (tertiary/aromatic N) is 1. The molecule has 0 saturated carbocycles. The van der Waals surface area contributed by atoms with Gasteiger partial charge in [0.25, 0.3) is 0 Å². The minimum absolute atomic E-state index is 0.0881. The number of phenols is 1. The molecule has 4 rings (SSSR count). The molecule has 0 spiro atoms. The molecule has 0 bridgehead atoms. The quantitative estimate of drug-likeness (QED) is 0.578. The number of methoxy groups -OCH3 is 1. The molecule has 5 nitrogen and oxygen atoms in total. The summed E-state index contributed by atoms with van der Waals surface area (Å²) in [5, 5.41) is 14.2. The number of halogens is 1. The molecule has 0 aliphatic carbocycles. The summed E-state index contributed by atoms with van der Waals surface area (Å²) in [5.41, 5.74) is 2.89.